The van der Waals surface area contributed by atoms with Gasteiger partial charge in [-0.2, -0.15) is 0 Å². The number of para-hydroxylation sites is 1. The number of amides is 2. The third-order valence-electron chi connectivity index (χ3n) is 5.15. The van der Waals surface area contributed by atoms with Crippen molar-refractivity contribution in [2.45, 2.75) is 19.4 Å². The largest absolute Gasteiger partial charge is 0.357 e. The number of hydrogen-bond acceptors (Lipinski definition) is 4. The Morgan fingerprint density at radius 3 is 2.56 bits per heavy atom. The third-order valence-corrected chi connectivity index (χ3v) is 5.44. The van der Waals surface area contributed by atoms with Crippen LogP contribution in [0.3, 0.4) is 0 Å². The SMILES string of the molecule is CN1Cc2ccccc2N(C(=O)c2ccc(N3CCCC3)nc2Cl)CC1=O. The van der Waals surface area contributed by atoms with Crippen LogP contribution >= 0.6 is 11.6 Å². The molecular weight excluding hydrogens is 364 g/mol. The van der Waals surface area contributed by atoms with Gasteiger partial charge < -0.3 is 9.80 Å². The van der Waals surface area contributed by atoms with Gasteiger partial charge in [-0.05, 0) is 36.6 Å². The number of rotatable bonds is 2. The molecule has 1 aromatic heterocycles. The first kappa shape index (κ1) is 17.8. The average molecular weight is 385 g/mol. The zero-order valence-corrected chi connectivity index (χ0v) is 15.9. The van der Waals surface area contributed by atoms with Crippen molar-refractivity contribution in [3.8, 4) is 0 Å². The van der Waals surface area contributed by atoms with Gasteiger partial charge in [0.15, 0.2) is 0 Å². The van der Waals surface area contributed by atoms with E-state index >= 15 is 0 Å². The number of likely N-dealkylation sites (N-methyl/N-ethyl adjacent to an activating group) is 1. The topological polar surface area (TPSA) is 56.8 Å². The van der Waals surface area contributed by atoms with Gasteiger partial charge in [0.2, 0.25) is 5.91 Å². The molecule has 27 heavy (non-hydrogen) atoms. The van der Waals surface area contributed by atoms with Crippen LogP contribution in [0.5, 0.6) is 0 Å². The van der Waals surface area contributed by atoms with E-state index in [1.165, 1.54) is 4.90 Å². The fourth-order valence-corrected chi connectivity index (χ4v) is 3.86. The number of fused-ring (bicyclic) bond motifs is 1. The summed E-state index contributed by atoms with van der Waals surface area (Å²) in [5.41, 5.74) is 1.98. The number of nitrogens with zero attached hydrogens (tertiary/aromatic N) is 4. The van der Waals surface area contributed by atoms with Crippen molar-refractivity contribution < 1.29 is 9.59 Å². The van der Waals surface area contributed by atoms with Crippen molar-refractivity contribution in [3.05, 3.63) is 52.7 Å². The van der Waals surface area contributed by atoms with Gasteiger partial charge in [0.1, 0.15) is 17.5 Å². The first-order valence-electron chi connectivity index (χ1n) is 9.10. The molecule has 2 amide bonds. The minimum atomic E-state index is -0.309. The molecule has 7 heteroatoms. The lowest BCUT2D eigenvalue weighted by Gasteiger charge is -2.23. The molecule has 0 radical (unpaired) electrons. The average Bonchev–Trinajstić information content (AvgIpc) is 3.17. The van der Waals surface area contributed by atoms with Crippen LogP contribution in [0.1, 0.15) is 28.8 Å². The second kappa shape index (κ2) is 7.19. The summed E-state index contributed by atoms with van der Waals surface area (Å²) < 4.78 is 0. The molecule has 3 heterocycles. The molecule has 0 bridgehead atoms. The Morgan fingerprint density at radius 1 is 1.07 bits per heavy atom. The number of carbonyl (C=O) groups excluding carboxylic acids is 2. The molecule has 1 saturated heterocycles. The van der Waals surface area contributed by atoms with E-state index in [-0.39, 0.29) is 23.5 Å². The maximum atomic E-state index is 13.2. The highest BCUT2D eigenvalue weighted by Crippen LogP contribution is 2.29. The third kappa shape index (κ3) is 3.37. The van der Waals surface area contributed by atoms with Crippen molar-refractivity contribution in [1.29, 1.82) is 0 Å². The van der Waals surface area contributed by atoms with Crippen LogP contribution in [0, 0.1) is 0 Å². The van der Waals surface area contributed by atoms with E-state index in [2.05, 4.69) is 9.88 Å². The highest BCUT2D eigenvalue weighted by molar-refractivity contribution is 6.33. The lowest BCUT2D eigenvalue weighted by molar-refractivity contribution is -0.128. The Hall–Kier alpha value is -2.60. The molecule has 0 aliphatic carbocycles. The minimum Gasteiger partial charge on any atom is -0.357 e. The molecule has 0 unspecified atom stereocenters. The van der Waals surface area contributed by atoms with Gasteiger partial charge in [-0.3, -0.25) is 14.5 Å². The monoisotopic (exact) mass is 384 g/mol. The number of pyridine rings is 1. The number of benzene rings is 1. The fraction of sp³-hybridized carbons (Fsp3) is 0.350. The van der Waals surface area contributed by atoms with Gasteiger partial charge in [0.25, 0.3) is 5.91 Å². The summed E-state index contributed by atoms with van der Waals surface area (Å²) in [6.07, 6.45) is 2.28. The van der Waals surface area contributed by atoms with E-state index < -0.39 is 0 Å². The van der Waals surface area contributed by atoms with Crippen molar-refractivity contribution in [3.63, 3.8) is 0 Å². The molecule has 2 aliphatic heterocycles. The van der Waals surface area contributed by atoms with Crippen LogP contribution in [0.15, 0.2) is 36.4 Å². The van der Waals surface area contributed by atoms with E-state index in [4.69, 9.17) is 11.6 Å². The molecule has 140 valence electrons. The highest BCUT2D eigenvalue weighted by Gasteiger charge is 2.29. The van der Waals surface area contributed by atoms with Crippen LogP contribution in [0.2, 0.25) is 5.15 Å². The Labute approximate surface area is 163 Å². The van der Waals surface area contributed by atoms with E-state index in [0.29, 0.717) is 12.1 Å². The fourth-order valence-electron chi connectivity index (χ4n) is 3.63. The van der Waals surface area contributed by atoms with Crippen molar-refractivity contribution in [1.82, 2.24) is 9.88 Å². The van der Waals surface area contributed by atoms with Gasteiger partial charge in [0.05, 0.1) is 5.56 Å². The molecule has 2 aromatic rings. The predicted molar refractivity (Wildman–Crippen MR) is 105 cm³/mol. The van der Waals surface area contributed by atoms with Crippen LogP contribution in [0.25, 0.3) is 0 Å². The smallest absolute Gasteiger partial charge is 0.261 e. The van der Waals surface area contributed by atoms with Crippen LogP contribution in [-0.4, -0.2) is 48.4 Å². The zero-order valence-electron chi connectivity index (χ0n) is 15.2. The highest BCUT2D eigenvalue weighted by atomic mass is 35.5. The summed E-state index contributed by atoms with van der Waals surface area (Å²) in [5, 5.41) is 0.173. The molecule has 2 aliphatic rings. The summed E-state index contributed by atoms with van der Waals surface area (Å²) in [4.78, 5) is 35.4. The molecule has 6 nitrogen and oxygen atoms in total. The maximum Gasteiger partial charge on any atom is 0.261 e. The van der Waals surface area contributed by atoms with Crippen molar-refractivity contribution >= 4 is 34.9 Å². The number of halogens is 1. The lowest BCUT2D eigenvalue weighted by atomic mass is 10.1. The van der Waals surface area contributed by atoms with Crippen molar-refractivity contribution in [2.75, 3.05) is 36.5 Å². The standard InChI is InChI=1S/C20H21ClN4O2/c1-23-12-14-6-2-3-7-16(14)25(13-18(23)26)20(27)15-8-9-17(22-19(15)21)24-10-4-5-11-24/h2-3,6-9H,4-5,10-13H2,1H3. The Balaban J connectivity index is 1.68. The first-order valence-corrected chi connectivity index (χ1v) is 9.47. The lowest BCUT2D eigenvalue weighted by Crippen LogP contribution is -2.39. The molecule has 4 rings (SSSR count). The quantitative estimate of drug-likeness (QED) is 0.747. The van der Waals surface area contributed by atoms with Gasteiger partial charge in [-0.1, -0.05) is 29.8 Å². The van der Waals surface area contributed by atoms with E-state index in [0.717, 1.165) is 43.0 Å². The van der Waals surface area contributed by atoms with Gasteiger partial charge >= 0.3 is 0 Å². The van der Waals surface area contributed by atoms with Crippen molar-refractivity contribution in [2.24, 2.45) is 0 Å². The Bertz CT molecular complexity index is 895. The normalized spacial score (nSPS) is 17.1. The zero-order chi connectivity index (χ0) is 19.0. The summed E-state index contributed by atoms with van der Waals surface area (Å²) in [6, 6.07) is 11.1. The van der Waals surface area contributed by atoms with E-state index in [1.807, 2.05) is 30.3 Å². The minimum absolute atomic E-state index is 0.0173. The Kier molecular flexibility index (Phi) is 4.74. The molecule has 1 aromatic carbocycles. The Morgan fingerprint density at radius 2 is 1.81 bits per heavy atom. The second-order valence-electron chi connectivity index (χ2n) is 6.97. The molecule has 0 spiro atoms. The molecule has 0 atom stereocenters. The van der Waals surface area contributed by atoms with Crippen LogP contribution in [-0.2, 0) is 11.3 Å². The molecule has 0 saturated carbocycles. The number of hydrogen-bond donors (Lipinski definition) is 0. The maximum absolute atomic E-state index is 13.2. The summed E-state index contributed by atoms with van der Waals surface area (Å²) in [5.74, 6) is 0.370. The molecular formula is C20H21ClN4O2. The van der Waals surface area contributed by atoms with Crippen LogP contribution in [0.4, 0.5) is 11.5 Å². The predicted octanol–water partition coefficient (Wildman–Crippen LogP) is 2.95. The second-order valence-corrected chi connectivity index (χ2v) is 7.33. The number of carbonyl (C=O) groups is 2. The summed E-state index contributed by atoms with van der Waals surface area (Å²) in [7, 11) is 1.74. The molecule has 1 fully saturated rings. The van der Waals surface area contributed by atoms with Crippen LogP contribution < -0.4 is 9.80 Å². The van der Waals surface area contributed by atoms with Gasteiger partial charge in [0, 0.05) is 32.4 Å². The first-order chi connectivity index (χ1) is 13.0. The van der Waals surface area contributed by atoms with Gasteiger partial charge in [-0.15, -0.1) is 0 Å². The number of anilines is 2. The van der Waals surface area contributed by atoms with E-state index in [9.17, 15) is 9.59 Å². The van der Waals surface area contributed by atoms with E-state index in [1.54, 1.807) is 18.0 Å². The summed E-state index contributed by atoms with van der Waals surface area (Å²) >= 11 is 6.37. The molecule has 0 N–H and O–H groups in total. The summed E-state index contributed by atoms with van der Waals surface area (Å²) in [6.45, 7) is 2.36. The number of aromatic nitrogens is 1. The van der Waals surface area contributed by atoms with Gasteiger partial charge in [-0.25, -0.2) is 4.98 Å².